The Morgan fingerprint density at radius 2 is 0.891 bits per heavy atom. The van der Waals surface area contributed by atoms with Crippen LogP contribution in [0.2, 0.25) is 0 Å². The van der Waals surface area contributed by atoms with Gasteiger partial charge in [0.25, 0.3) is 0 Å². The monoisotopic (exact) mass is 762 g/mol. The summed E-state index contributed by atoms with van der Waals surface area (Å²) < 4.78 is 28.2. The Kier molecular flexibility index (Phi) is 13.8. The van der Waals surface area contributed by atoms with Crippen LogP contribution in [-0.2, 0) is 52.5 Å². The Morgan fingerprint density at radius 1 is 0.527 bits per heavy atom. The predicted molar refractivity (Wildman–Crippen MR) is 196 cm³/mol. The quantitative estimate of drug-likeness (QED) is 0.122. The number of carbonyl (C=O) groups excluding carboxylic acids is 6. The molecule has 0 radical (unpaired) electrons. The zero-order chi connectivity index (χ0) is 38.7. The molecule has 15 nitrogen and oxygen atoms in total. The average molecular weight is 763 g/mol. The lowest BCUT2D eigenvalue weighted by Crippen LogP contribution is -2.53. The number of fused-ring (bicyclic) bond motifs is 2. The molecule has 6 amide bonds. The van der Waals surface area contributed by atoms with Gasteiger partial charge in [-0.05, 0) is 49.7 Å². The summed E-state index contributed by atoms with van der Waals surface area (Å²) in [5.41, 5.74) is 0.0163. The number of amides is 6. The lowest BCUT2D eigenvalue weighted by molar-refractivity contribution is -0.145. The fraction of sp³-hybridized carbons (Fsp3) is 0.550. The SMILES string of the molecule is O=C1CCC(N2C=C3C=CC=CC3(CCCOCCOCCOCCOCCOCCCC34C=CC=CC3=CN(C3CCC(=O)NC3=O)C4=O)C2=O)C(=O)N1. The molecule has 0 aromatic rings. The van der Waals surface area contributed by atoms with Crippen molar-refractivity contribution in [3.63, 3.8) is 0 Å². The fourth-order valence-electron chi connectivity index (χ4n) is 7.75. The van der Waals surface area contributed by atoms with Gasteiger partial charge in [-0.3, -0.25) is 39.4 Å². The third kappa shape index (κ3) is 9.30. The van der Waals surface area contributed by atoms with Crippen molar-refractivity contribution in [3.8, 4) is 0 Å². The number of hydrogen-bond donors (Lipinski definition) is 2. The fourth-order valence-corrected chi connectivity index (χ4v) is 7.75. The summed E-state index contributed by atoms with van der Waals surface area (Å²) >= 11 is 0. The lowest BCUT2D eigenvalue weighted by atomic mass is 9.75. The van der Waals surface area contributed by atoms with Gasteiger partial charge in [0.05, 0.1) is 63.7 Å². The molecule has 2 N–H and O–H groups in total. The Morgan fingerprint density at radius 3 is 1.25 bits per heavy atom. The van der Waals surface area contributed by atoms with Crippen molar-refractivity contribution in [2.45, 2.75) is 63.5 Å². The summed E-state index contributed by atoms with van der Waals surface area (Å²) in [4.78, 5) is 78.1. The first kappa shape index (κ1) is 40.1. The first-order valence-corrected chi connectivity index (χ1v) is 19.1. The van der Waals surface area contributed by atoms with Gasteiger partial charge in [-0.25, -0.2) is 0 Å². The van der Waals surface area contributed by atoms with E-state index in [0.29, 0.717) is 105 Å². The van der Waals surface area contributed by atoms with Crippen molar-refractivity contribution in [2.24, 2.45) is 10.8 Å². The van der Waals surface area contributed by atoms with Gasteiger partial charge in [0.2, 0.25) is 35.4 Å². The van der Waals surface area contributed by atoms with Crippen molar-refractivity contribution >= 4 is 35.4 Å². The molecule has 2 aliphatic carbocycles. The summed E-state index contributed by atoms with van der Waals surface area (Å²) in [6.07, 6.45) is 21.9. The molecule has 4 aliphatic heterocycles. The number of ether oxygens (including phenoxy) is 5. The Hall–Kier alpha value is -4.54. The number of nitrogens with one attached hydrogen (secondary N) is 2. The molecule has 296 valence electrons. The lowest BCUT2D eigenvalue weighted by Gasteiger charge is -2.32. The van der Waals surface area contributed by atoms with Crippen LogP contribution in [0.15, 0.2) is 72.2 Å². The zero-order valence-corrected chi connectivity index (χ0v) is 31.0. The molecular formula is C40H50N4O11. The summed E-state index contributed by atoms with van der Waals surface area (Å²) in [6, 6.07) is -1.37. The number of nitrogens with zero attached hydrogens (tertiary/aromatic N) is 2. The first-order chi connectivity index (χ1) is 26.7. The first-order valence-electron chi connectivity index (χ1n) is 19.1. The number of piperidine rings is 2. The molecule has 6 rings (SSSR count). The number of imide groups is 2. The molecule has 15 heteroatoms. The summed E-state index contributed by atoms with van der Waals surface area (Å²) in [7, 11) is 0. The maximum absolute atomic E-state index is 13.5. The Balaban J connectivity index is 0.749. The smallest absolute Gasteiger partial charge is 0.249 e. The van der Waals surface area contributed by atoms with E-state index in [-0.39, 0.29) is 36.5 Å². The summed E-state index contributed by atoms with van der Waals surface area (Å²) in [5.74, 6) is -1.81. The van der Waals surface area contributed by atoms with Crippen molar-refractivity contribution in [1.82, 2.24) is 20.4 Å². The molecule has 4 atom stereocenters. The van der Waals surface area contributed by atoms with E-state index < -0.39 is 34.7 Å². The van der Waals surface area contributed by atoms with Crippen LogP contribution in [0.25, 0.3) is 0 Å². The van der Waals surface area contributed by atoms with E-state index in [9.17, 15) is 28.8 Å². The average Bonchev–Trinajstić information content (AvgIpc) is 3.63. The van der Waals surface area contributed by atoms with E-state index in [1.54, 1.807) is 12.4 Å². The van der Waals surface area contributed by atoms with Gasteiger partial charge in [0.15, 0.2) is 0 Å². The highest BCUT2D eigenvalue weighted by molar-refractivity contribution is 6.05. The van der Waals surface area contributed by atoms with Crippen LogP contribution in [0.4, 0.5) is 0 Å². The van der Waals surface area contributed by atoms with Crippen LogP contribution in [0.5, 0.6) is 0 Å². The standard InChI is InChI=1S/C40H50N4O11/c45-33-11-9-31(35(47)41-33)43-27-29-7-1-3-13-39(29,37(43)49)15-5-17-51-19-21-53-23-25-55-26-24-54-22-20-52-18-6-16-40-14-4-2-8-30(40)28-44(38(40)50)32-10-12-34(46)42-36(32)48/h1-4,7-8,13-14,27-28,31-32H,5-6,9-12,15-26H2,(H,41,45,47)(H,42,46,48). The van der Waals surface area contributed by atoms with Crippen LogP contribution < -0.4 is 10.6 Å². The van der Waals surface area contributed by atoms with E-state index in [0.717, 1.165) is 11.1 Å². The van der Waals surface area contributed by atoms with Crippen molar-refractivity contribution in [3.05, 3.63) is 72.2 Å². The van der Waals surface area contributed by atoms with Crippen LogP contribution in [0.3, 0.4) is 0 Å². The molecule has 2 saturated heterocycles. The van der Waals surface area contributed by atoms with Gasteiger partial charge in [-0.2, -0.15) is 0 Å². The van der Waals surface area contributed by atoms with Crippen molar-refractivity contribution in [2.75, 3.05) is 66.1 Å². The molecule has 0 saturated carbocycles. The number of hydrogen-bond acceptors (Lipinski definition) is 11. The van der Waals surface area contributed by atoms with Gasteiger partial charge in [0, 0.05) is 38.5 Å². The highest BCUT2D eigenvalue weighted by atomic mass is 16.6. The molecule has 2 fully saturated rings. The van der Waals surface area contributed by atoms with E-state index in [2.05, 4.69) is 10.6 Å². The van der Waals surface area contributed by atoms with Crippen LogP contribution in [0.1, 0.15) is 51.4 Å². The zero-order valence-electron chi connectivity index (χ0n) is 31.0. The molecule has 0 spiro atoms. The summed E-state index contributed by atoms with van der Waals surface area (Å²) in [6.45, 7) is 4.24. The minimum atomic E-state index is -0.831. The second-order valence-corrected chi connectivity index (χ2v) is 14.2. The summed E-state index contributed by atoms with van der Waals surface area (Å²) in [5, 5.41) is 4.67. The van der Waals surface area contributed by atoms with Gasteiger partial charge < -0.3 is 33.5 Å². The molecule has 0 aromatic carbocycles. The maximum Gasteiger partial charge on any atom is 0.249 e. The van der Waals surface area contributed by atoms with E-state index >= 15 is 0 Å². The van der Waals surface area contributed by atoms with E-state index in [1.807, 2.05) is 48.6 Å². The highest BCUT2D eigenvalue weighted by Crippen LogP contribution is 2.46. The third-order valence-electron chi connectivity index (χ3n) is 10.7. The Labute approximate surface area is 320 Å². The number of carbonyl (C=O) groups is 6. The van der Waals surface area contributed by atoms with Crippen molar-refractivity contribution < 1.29 is 52.5 Å². The number of rotatable bonds is 22. The molecule has 55 heavy (non-hydrogen) atoms. The topological polar surface area (TPSA) is 179 Å². The minimum absolute atomic E-state index is 0.153. The maximum atomic E-state index is 13.5. The second-order valence-electron chi connectivity index (χ2n) is 14.2. The molecule has 6 aliphatic rings. The molecular weight excluding hydrogens is 712 g/mol. The van der Waals surface area contributed by atoms with E-state index in [4.69, 9.17) is 23.7 Å². The van der Waals surface area contributed by atoms with E-state index in [1.165, 1.54) is 9.80 Å². The Bertz CT molecular complexity index is 1560. The predicted octanol–water partition coefficient (Wildman–Crippen LogP) is 1.92. The highest BCUT2D eigenvalue weighted by Gasteiger charge is 2.51. The third-order valence-corrected chi connectivity index (χ3v) is 10.7. The van der Waals surface area contributed by atoms with Gasteiger partial charge in [-0.15, -0.1) is 0 Å². The second kappa shape index (κ2) is 18.9. The normalized spacial score (nSPS) is 27.1. The number of allylic oxidation sites excluding steroid dienone is 6. The van der Waals surface area contributed by atoms with Gasteiger partial charge in [-0.1, -0.05) is 48.6 Å². The van der Waals surface area contributed by atoms with Crippen LogP contribution in [0, 0.1) is 10.8 Å². The van der Waals surface area contributed by atoms with Gasteiger partial charge in [0.1, 0.15) is 12.1 Å². The molecule has 4 heterocycles. The molecule has 0 bridgehead atoms. The van der Waals surface area contributed by atoms with Crippen molar-refractivity contribution in [1.29, 1.82) is 0 Å². The minimum Gasteiger partial charge on any atom is -0.379 e. The molecule has 0 aromatic heterocycles. The van der Waals surface area contributed by atoms with Gasteiger partial charge >= 0.3 is 0 Å². The van der Waals surface area contributed by atoms with Crippen LogP contribution >= 0.6 is 0 Å². The molecule has 4 unspecified atom stereocenters. The van der Waals surface area contributed by atoms with Crippen LogP contribution in [-0.4, -0.2) is 123 Å². The largest absolute Gasteiger partial charge is 0.379 e.